The molecule has 5 aliphatic rings. The molecule has 0 spiro atoms. The highest BCUT2D eigenvalue weighted by Crippen LogP contribution is 2.61. The monoisotopic (exact) mass is 741 g/mol. The van der Waals surface area contributed by atoms with Crippen LogP contribution >= 0.6 is 0 Å². The second-order valence-corrected chi connectivity index (χ2v) is 19.7. The molecular formula is C46H84N4O3. The number of hydrogen-bond acceptors (Lipinski definition) is 4. The number of carbonyl (C=O) groups is 3. The molecule has 0 heterocycles. The maximum atomic E-state index is 13.8. The van der Waals surface area contributed by atoms with Crippen LogP contribution in [0.3, 0.4) is 0 Å². The minimum absolute atomic E-state index is 0.00274. The first kappa shape index (κ1) is 44.1. The maximum absolute atomic E-state index is 13.8. The van der Waals surface area contributed by atoms with E-state index in [1.165, 1.54) is 89.9 Å². The molecule has 4 bridgehead atoms. The number of hydrogen-bond donors (Lipinski definition) is 3. The highest BCUT2D eigenvalue weighted by molar-refractivity contribution is 5.77. The third-order valence-corrected chi connectivity index (χ3v) is 15.0. The van der Waals surface area contributed by atoms with Gasteiger partial charge in [0, 0.05) is 38.9 Å². The smallest absolute Gasteiger partial charge is 0.220 e. The summed E-state index contributed by atoms with van der Waals surface area (Å²) in [6, 6.07) is 0. The van der Waals surface area contributed by atoms with E-state index in [0.717, 1.165) is 90.1 Å². The quantitative estimate of drug-likeness (QED) is 0.0813. The van der Waals surface area contributed by atoms with Crippen LogP contribution in [0.15, 0.2) is 0 Å². The topological polar surface area (TPSA) is 90.5 Å². The molecule has 7 nitrogen and oxygen atoms in total. The van der Waals surface area contributed by atoms with Crippen molar-refractivity contribution in [2.75, 3.05) is 39.3 Å². The van der Waals surface area contributed by atoms with Crippen molar-refractivity contribution in [1.82, 2.24) is 20.9 Å². The fourth-order valence-electron chi connectivity index (χ4n) is 12.1. The van der Waals surface area contributed by atoms with Gasteiger partial charge in [-0.2, -0.15) is 0 Å². The Bertz CT molecular complexity index is 1110. The molecule has 4 atom stereocenters. The van der Waals surface area contributed by atoms with Crippen LogP contribution in [0.1, 0.15) is 196 Å². The van der Waals surface area contributed by atoms with Crippen LogP contribution in [0.4, 0.5) is 0 Å². The summed E-state index contributed by atoms with van der Waals surface area (Å²) in [4.78, 5) is 42.8. The lowest BCUT2D eigenvalue weighted by Crippen LogP contribution is -2.56. The molecule has 5 rings (SSSR count). The number of nitrogens with zero attached hydrogens (tertiary/aromatic N) is 1. The van der Waals surface area contributed by atoms with Gasteiger partial charge in [-0.25, -0.2) is 0 Å². The van der Waals surface area contributed by atoms with E-state index in [1.807, 2.05) is 0 Å². The second-order valence-electron chi connectivity index (χ2n) is 19.7. The lowest BCUT2D eigenvalue weighted by Gasteiger charge is -2.59. The SMILES string of the molecule is CCCCCC(CCCCC)CC(=O)NCC1(C)CC2CC(CC)(CNC(=O)CCCN(CC)CC)CC(CNC(=O)CC34CCC(CC3)CC4)(C2)C1. The van der Waals surface area contributed by atoms with Crippen molar-refractivity contribution >= 4 is 17.7 Å². The Labute approximate surface area is 326 Å². The van der Waals surface area contributed by atoms with Gasteiger partial charge >= 0.3 is 0 Å². The first-order valence-electron chi connectivity index (χ1n) is 22.9. The van der Waals surface area contributed by atoms with Gasteiger partial charge in [0.2, 0.25) is 17.7 Å². The first-order chi connectivity index (χ1) is 25.4. The summed E-state index contributed by atoms with van der Waals surface area (Å²) in [6.45, 7) is 18.8. The van der Waals surface area contributed by atoms with Crippen LogP contribution in [-0.2, 0) is 14.4 Å². The van der Waals surface area contributed by atoms with Gasteiger partial charge in [-0.3, -0.25) is 14.4 Å². The van der Waals surface area contributed by atoms with Gasteiger partial charge in [0.05, 0.1) is 0 Å². The van der Waals surface area contributed by atoms with E-state index < -0.39 is 0 Å². The normalized spacial score (nSPS) is 30.8. The molecule has 0 radical (unpaired) electrons. The number of amides is 3. The van der Waals surface area contributed by atoms with Crippen molar-refractivity contribution in [2.24, 2.45) is 39.4 Å². The van der Waals surface area contributed by atoms with E-state index in [1.54, 1.807) is 0 Å². The van der Waals surface area contributed by atoms with Crippen molar-refractivity contribution in [3.63, 3.8) is 0 Å². The molecule has 53 heavy (non-hydrogen) atoms. The molecule has 4 unspecified atom stereocenters. The van der Waals surface area contributed by atoms with E-state index in [0.29, 0.717) is 31.1 Å². The summed E-state index contributed by atoms with van der Waals surface area (Å²) in [7, 11) is 0. The third-order valence-electron chi connectivity index (χ3n) is 15.0. The zero-order valence-electron chi connectivity index (χ0n) is 35.6. The Morgan fingerprint density at radius 3 is 1.89 bits per heavy atom. The summed E-state index contributed by atoms with van der Waals surface area (Å²) in [6.07, 6.45) is 26.6. The minimum Gasteiger partial charge on any atom is -0.356 e. The van der Waals surface area contributed by atoms with Gasteiger partial charge in [-0.15, -0.1) is 0 Å². The molecule has 5 fully saturated rings. The number of carbonyl (C=O) groups excluding carboxylic acids is 3. The Balaban J connectivity index is 1.42. The Morgan fingerprint density at radius 1 is 0.660 bits per heavy atom. The van der Waals surface area contributed by atoms with Crippen LogP contribution in [0.25, 0.3) is 0 Å². The second kappa shape index (κ2) is 21.1. The van der Waals surface area contributed by atoms with Crippen molar-refractivity contribution < 1.29 is 14.4 Å². The predicted octanol–water partition coefficient (Wildman–Crippen LogP) is 9.97. The number of rotatable bonds is 25. The average molecular weight is 741 g/mol. The molecule has 0 aromatic rings. The van der Waals surface area contributed by atoms with Crippen molar-refractivity contribution in [2.45, 2.75) is 196 Å². The molecule has 306 valence electrons. The van der Waals surface area contributed by atoms with Gasteiger partial charge in [0.25, 0.3) is 0 Å². The third kappa shape index (κ3) is 13.5. The minimum atomic E-state index is -0.0233. The van der Waals surface area contributed by atoms with Crippen molar-refractivity contribution in [3.8, 4) is 0 Å². The van der Waals surface area contributed by atoms with Gasteiger partial charge < -0.3 is 20.9 Å². The lowest BCUT2D eigenvalue weighted by molar-refractivity contribution is -0.128. The van der Waals surface area contributed by atoms with Gasteiger partial charge in [0.1, 0.15) is 0 Å². The molecule has 7 heteroatoms. The predicted molar refractivity (Wildman–Crippen MR) is 221 cm³/mol. The number of nitrogens with one attached hydrogen (secondary N) is 3. The molecule has 5 saturated carbocycles. The van der Waals surface area contributed by atoms with Crippen LogP contribution in [0, 0.1) is 39.4 Å². The fourth-order valence-corrected chi connectivity index (χ4v) is 12.1. The lowest BCUT2D eigenvalue weighted by atomic mass is 9.48. The highest BCUT2D eigenvalue weighted by atomic mass is 16.2. The van der Waals surface area contributed by atoms with Crippen LogP contribution in [0.2, 0.25) is 0 Å². The Morgan fingerprint density at radius 2 is 1.28 bits per heavy atom. The standard InChI is InChI=1S/C46H84N4O3/c1-7-12-14-17-38(18-15-13-8-2)27-41(52)47-34-43(6)28-39-29-44(9-3,35-48-40(51)19-16-26-50(10-4)11-5)33-46(30-39,32-43)36-49-42(53)31-45-23-20-37(21-24-45)22-25-45/h37-39H,7-36H2,1-6H3,(H,47,52)(H,48,51)(H,49,53). The Kier molecular flexibility index (Phi) is 17.5. The van der Waals surface area contributed by atoms with E-state index in [2.05, 4.69) is 62.4 Å². The molecular weight excluding hydrogens is 657 g/mol. The summed E-state index contributed by atoms with van der Waals surface area (Å²) >= 11 is 0. The molecule has 0 aromatic carbocycles. The molecule has 0 aromatic heterocycles. The van der Waals surface area contributed by atoms with E-state index >= 15 is 0 Å². The van der Waals surface area contributed by atoms with E-state index in [9.17, 15) is 14.4 Å². The average Bonchev–Trinajstić information content (AvgIpc) is 3.14. The molecule has 3 amide bonds. The maximum Gasteiger partial charge on any atom is 0.220 e. The van der Waals surface area contributed by atoms with E-state index in [4.69, 9.17) is 0 Å². The largest absolute Gasteiger partial charge is 0.356 e. The Hall–Kier alpha value is -1.63. The summed E-state index contributed by atoms with van der Waals surface area (Å²) < 4.78 is 0. The number of fused-ring (bicyclic) bond motifs is 5. The van der Waals surface area contributed by atoms with Crippen LogP contribution in [0.5, 0.6) is 0 Å². The van der Waals surface area contributed by atoms with Crippen molar-refractivity contribution in [1.29, 1.82) is 0 Å². The van der Waals surface area contributed by atoms with Gasteiger partial charge in [0.15, 0.2) is 0 Å². The fraction of sp³-hybridized carbons (Fsp3) is 0.935. The zero-order valence-corrected chi connectivity index (χ0v) is 35.6. The van der Waals surface area contributed by atoms with E-state index in [-0.39, 0.29) is 39.4 Å². The number of unbranched alkanes of at least 4 members (excludes halogenated alkanes) is 4. The zero-order chi connectivity index (χ0) is 38.4. The van der Waals surface area contributed by atoms with Gasteiger partial charge in [-0.05, 0) is 155 Å². The van der Waals surface area contributed by atoms with Crippen LogP contribution < -0.4 is 16.0 Å². The van der Waals surface area contributed by atoms with Crippen LogP contribution in [-0.4, -0.2) is 61.9 Å². The molecule has 0 aliphatic heterocycles. The molecule has 3 N–H and O–H groups in total. The molecule has 5 aliphatic carbocycles. The summed E-state index contributed by atoms with van der Waals surface area (Å²) in [5.74, 6) is 2.58. The highest BCUT2D eigenvalue weighted by Gasteiger charge is 2.55. The van der Waals surface area contributed by atoms with Crippen molar-refractivity contribution in [3.05, 3.63) is 0 Å². The summed E-state index contributed by atoms with van der Waals surface area (Å²) in [5.41, 5.74) is 0.240. The molecule has 0 saturated heterocycles. The first-order valence-corrected chi connectivity index (χ1v) is 22.9. The van der Waals surface area contributed by atoms with Gasteiger partial charge in [-0.1, -0.05) is 80.1 Å². The summed E-state index contributed by atoms with van der Waals surface area (Å²) in [5, 5.41) is 10.4.